The van der Waals surface area contributed by atoms with Crippen molar-refractivity contribution < 1.29 is 5.11 Å². The average Bonchev–Trinajstić information content (AvgIpc) is 2.39. The summed E-state index contributed by atoms with van der Waals surface area (Å²) in [5, 5.41) is 8.98. The van der Waals surface area contributed by atoms with Gasteiger partial charge in [0.05, 0.1) is 4.99 Å². The minimum Gasteiger partial charge on any atom is -0.396 e. The molecule has 3 N–H and O–H groups in total. The van der Waals surface area contributed by atoms with E-state index >= 15 is 0 Å². The second-order valence-electron chi connectivity index (χ2n) is 5.03. The van der Waals surface area contributed by atoms with Crippen LogP contribution in [0.4, 0.5) is 0 Å². The van der Waals surface area contributed by atoms with Gasteiger partial charge < -0.3 is 10.8 Å². The smallest absolute Gasteiger partial charge is 0.0816 e. The Bertz CT molecular complexity index is 381. The zero-order chi connectivity index (χ0) is 14.3. The molecule has 0 spiro atoms. The Hall–Kier alpha value is -0.970. The van der Waals surface area contributed by atoms with Gasteiger partial charge in [-0.3, -0.25) is 4.90 Å². The normalized spacial score (nSPS) is 12.9. The van der Waals surface area contributed by atoms with Crippen LogP contribution in [0.2, 0.25) is 0 Å². The second-order valence-corrected chi connectivity index (χ2v) is 5.50. The molecule has 0 aromatic heterocycles. The van der Waals surface area contributed by atoms with E-state index < -0.39 is 0 Å². The van der Waals surface area contributed by atoms with E-state index in [1.54, 1.807) is 0 Å². The highest BCUT2D eigenvalue weighted by molar-refractivity contribution is 7.80. The molecule has 0 aliphatic carbocycles. The van der Waals surface area contributed by atoms with Crippen LogP contribution in [0.5, 0.6) is 0 Å². The molecule has 0 amide bonds. The Kier molecular flexibility index (Phi) is 6.99. The summed E-state index contributed by atoms with van der Waals surface area (Å²) < 4.78 is 0. The highest BCUT2D eigenvalue weighted by Gasteiger charge is 2.20. The van der Waals surface area contributed by atoms with E-state index in [2.05, 4.69) is 30.9 Å². The predicted molar refractivity (Wildman–Crippen MR) is 84.4 cm³/mol. The lowest BCUT2D eigenvalue weighted by Gasteiger charge is -2.30. The van der Waals surface area contributed by atoms with Gasteiger partial charge in [0.15, 0.2) is 0 Å². The van der Waals surface area contributed by atoms with Gasteiger partial charge in [-0.2, -0.15) is 0 Å². The molecule has 106 valence electrons. The van der Waals surface area contributed by atoms with E-state index in [1.807, 2.05) is 18.2 Å². The third-order valence-electron chi connectivity index (χ3n) is 3.30. The van der Waals surface area contributed by atoms with Crippen molar-refractivity contribution in [1.29, 1.82) is 0 Å². The van der Waals surface area contributed by atoms with Crippen LogP contribution in [0.3, 0.4) is 0 Å². The lowest BCUT2D eigenvalue weighted by Crippen LogP contribution is -2.39. The van der Waals surface area contributed by atoms with E-state index in [-0.39, 0.29) is 12.5 Å². The molecule has 4 heteroatoms. The number of aliphatic hydroxyl groups is 1. The SMILES string of the molecule is CC(C)N(CCCO)CC(C(N)=S)c1ccccc1. The molecule has 1 atom stereocenters. The Morgan fingerprint density at radius 3 is 2.42 bits per heavy atom. The molecule has 19 heavy (non-hydrogen) atoms. The number of nitrogens with zero attached hydrogens (tertiary/aromatic N) is 1. The van der Waals surface area contributed by atoms with E-state index in [1.165, 1.54) is 0 Å². The summed E-state index contributed by atoms with van der Waals surface area (Å²) >= 11 is 5.22. The number of benzene rings is 1. The zero-order valence-corrected chi connectivity index (χ0v) is 12.6. The first-order valence-corrected chi connectivity index (χ1v) is 7.16. The molecule has 1 aromatic rings. The van der Waals surface area contributed by atoms with E-state index in [9.17, 15) is 0 Å². The summed E-state index contributed by atoms with van der Waals surface area (Å²) in [6.45, 7) is 6.18. The second kappa shape index (κ2) is 8.25. The summed E-state index contributed by atoms with van der Waals surface area (Å²) in [4.78, 5) is 2.84. The van der Waals surface area contributed by atoms with Gasteiger partial charge in [-0.25, -0.2) is 0 Å². The Morgan fingerprint density at radius 1 is 1.32 bits per heavy atom. The average molecular weight is 280 g/mol. The van der Waals surface area contributed by atoms with Crippen molar-refractivity contribution in [3.63, 3.8) is 0 Å². The molecule has 0 heterocycles. The predicted octanol–water partition coefficient (Wildman–Crippen LogP) is 2.15. The topological polar surface area (TPSA) is 49.5 Å². The first-order chi connectivity index (χ1) is 9.06. The van der Waals surface area contributed by atoms with Gasteiger partial charge >= 0.3 is 0 Å². The van der Waals surface area contributed by atoms with Crippen molar-refractivity contribution in [1.82, 2.24) is 4.90 Å². The van der Waals surface area contributed by atoms with E-state index in [4.69, 9.17) is 23.1 Å². The molecule has 0 fully saturated rings. The summed E-state index contributed by atoms with van der Waals surface area (Å²) in [6, 6.07) is 10.5. The van der Waals surface area contributed by atoms with Gasteiger partial charge in [-0.15, -0.1) is 0 Å². The van der Waals surface area contributed by atoms with Crippen molar-refractivity contribution in [2.45, 2.75) is 32.2 Å². The number of hydrogen-bond acceptors (Lipinski definition) is 3. The van der Waals surface area contributed by atoms with Crippen LogP contribution in [0.15, 0.2) is 30.3 Å². The van der Waals surface area contributed by atoms with Crippen LogP contribution in [-0.2, 0) is 0 Å². The van der Waals surface area contributed by atoms with Crippen molar-refractivity contribution in [2.75, 3.05) is 19.7 Å². The fraction of sp³-hybridized carbons (Fsp3) is 0.533. The maximum atomic E-state index is 8.98. The number of nitrogens with two attached hydrogens (primary N) is 1. The van der Waals surface area contributed by atoms with Gasteiger partial charge in [0.1, 0.15) is 0 Å². The molecule has 0 aliphatic rings. The van der Waals surface area contributed by atoms with E-state index in [0.717, 1.165) is 25.1 Å². The molecule has 1 aromatic carbocycles. The highest BCUT2D eigenvalue weighted by atomic mass is 32.1. The van der Waals surface area contributed by atoms with Crippen molar-refractivity contribution in [3.05, 3.63) is 35.9 Å². The Morgan fingerprint density at radius 2 is 1.95 bits per heavy atom. The maximum absolute atomic E-state index is 8.98. The third kappa shape index (κ3) is 5.27. The quantitative estimate of drug-likeness (QED) is 0.716. The van der Waals surface area contributed by atoms with Gasteiger partial charge in [0.2, 0.25) is 0 Å². The Balaban J connectivity index is 2.79. The monoisotopic (exact) mass is 280 g/mol. The van der Waals surface area contributed by atoms with Crippen LogP contribution in [0.25, 0.3) is 0 Å². The largest absolute Gasteiger partial charge is 0.396 e. The molecular formula is C15H24N2OS. The highest BCUT2D eigenvalue weighted by Crippen LogP contribution is 2.19. The summed E-state index contributed by atoms with van der Waals surface area (Å²) in [6.07, 6.45) is 0.775. The number of rotatable bonds is 8. The number of aliphatic hydroxyl groups excluding tert-OH is 1. The van der Waals surface area contributed by atoms with Gasteiger partial charge in [0.25, 0.3) is 0 Å². The van der Waals surface area contributed by atoms with Gasteiger partial charge in [-0.05, 0) is 25.8 Å². The van der Waals surface area contributed by atoms with Crippen molar-refractivity contribution in [3.8, 4) is 0 Å². The van der Waals surface area contributed by atoms with Crippen LogP contribution < -0.4 is 5.73 Å². The fourth-order valence-corrected chi connectivity index (χ4v) is 2.32. The molecule has 3 nitrogen and oxygen atoms in total. The minimum atomic E-state index is 0.0669. The fourth-order valence-electron chi connectivity index (χ4n) is 2.11. The maximum Gasteiger partial charge on any atom is 0.0816 e. The molecule has 0 bridgehead atoms. The number of thiocarbonyl (C=S) groups is 1. The summed E-state index contributed by atoms with van der Waals surface area (Å²) in [5.74, 6) is 0.0669. The molecule has 0 aliphatic heterocycles. The Labute approximate surface area is 121 Å². The van der Waals surface area contributed by atoms with Gasteiger partial charge in [0, 0.05) is 31.7 Å². The first kappa shape index (κ1) is 16.1. The number of hydrogen-bond donors (Lipinski definition) is 2. The molecule has 0 saturated carbocycles. The molecule has 0 radical (unpaired) electrons. The van der Waals surface area contributed by atoms with Crippen LogP contribution in [0.1, 0.15) is 31.7 Å². The zero-order valence-electron chi connectivity index (χ0n) is 11.7. The summed E-state index contributed by atoms with van der Waals surface area (Å²) in [5.41, 5.74) is 7.06. The third-order valence-corrected chi connectivity index (χ3v) is 3.58. The first-order valence-electron chi connectivity index (χ1n) is 6.75. The van der Waals surface area contributed by atoms with Crippen LogP contribution in [-0.4, -0.2) is 40.7 Å². The van der Waals surface area contributed by atoms with Crippen LogP contribution in [0, 0.1) is 0 Å². The van der Waals surface area contributed by atoms with Crippen molar-refractivity contribution >= 4 is 17.2 Å². The lowest BCUT2D eigenvalue weighted by molar-refractivity contribution is 0.190. The minimum absolute atomic E-state index is 0.0669. The standard InChI is InChI=1S/C15H24N2OS/c1-12(2)17(9-6-10-18)11-14(15(16)19)13-7-4-3-5-8-13/h3-5,7-8,12,14,18H,6,9-11H2,1-2H3,(H2,16,19). The lowest BCUT2D eigenvalue weighted by atomic mass is 9.98. The van der Waals surface area contributed by atoms with Crippen LogP contribution >= 0.6 is 12.2 Å². The molecule has 1 unspecified atom stereocenters. The van der Waals surface area contributed by atoms with Gasteiger partial charge in [-0.1, -0.05) is 42.5 Å². The molecule has 0 saturated heterocycles. The van der Waals surface area contributed by atoms with Crippen molar-refractivity contribution in [2.24, 2.45) is 5.73 Å². The summed E-state index contributed by atoms with van der Waals surface area (Å²) in [7, 11) is 0. The molecule has 1 rings (SSSR count). The van der Waals surface area contributed by atoms with E-state index in [0.29, 0.717) is 11.0 Å². The molecular weight excluding hydrogens is 256 g/mol.